The molecule has 0 saturated carbocycles. The molecular weight excluding hydrogens is 408 g/mol. The van der Waals surface area contributed by atoms with Crippen molar-refractivity contribution in [3.05, 3.63) is 23.8 Å². The summed E-state index contributed by atoms with van der Waals surface area (Å²) in [6.45, 7) is 15.7. The summed E-state index contributed by atoms with van der Waals surface area (Å²) in [5, 5.41) is 8.49. The van der Waals surface area contributed by atoms with Crippen LogP contribution in [0.25, 0.3) is 0 Å². The molecule has 0 radical (unpaired) electrons. The van der Waals surface area contributed by atoms with E-state index in [1.54, 1.807) is 15.9 Å². The molecule has 0 aliphatic carbocycles. The SMILES string of the molecule is CCNC(=O)Nc1ccc(N2CCN(C(=O)NC(C)(C)C)CC2)c(C(=O)N(CC)CC)c1. The van der Waals surface area contributed by atoms with Crippen LogP contribution in [0.2, 0.25) is 0 Å². The molecule has 0 bridgehead atoms. The predicted molar refractivity (Wildman–Crippen MR) is 128 cm³/mol. The number of urea groups is 2. The molecule has 1 fully saturated rings. The molecule has 9 nitrogen and oxygen atoms in total. The minimum absolute atomic E-state index is 0.0712. The quantitative estimate of drug-likeness (QED) is 0.626. The molecule has 5 amide bonds. The number of piperazine rings is 1. The van der Waals surface area contributed by atoms with Gasteiger partial charge in [-0.05, 0) is 59.7 Å². The fourth-order valence-electron chi connectivity index (χ4n) is 3.63. The van der Waals surface area contributed by atoms with Crippen molar-refractivity contribution in [3.8, 4) is 0 Å². The van der Waals surface area contributed by atoms with Crippen molar-refractivity contribution >= 4 is 29.3 Å². The number of nitrogens with zero attached hydrogens (tertiary/aromatic N) is 3. The Kier molecular flexibility index (Phi) is 8.74. The zero-order valence-electron chi connectivity index (χ0n) is 20.2. The molecule has 1 aromatic carbocycles. The summed E-state index contributed by atoms with van der Waals surface area (Å²) in [6, 6.07) is 5.05. The maximum Gasteiger partial charge on any atom is 0.319 e. The highest BCUT2D eigenvalue weighted by Gasteiger charge is 2.27. The summed E-state index contributed by atoms with van der Waals surface area (Å²) in [5.74, 6) is -0.0718. The zero-order chi connectivity index (χ0) is 23.9. The lowest BCUT2D eigenvalue weighted by atomic mass is 10.1. The smallest absolute Gasteiger partial charge is 0.319 e. The van der Waals surface area contributed by atoms with Crippen molar-refractivity contribution in [2.45, 2.75) is 47.1 Å². The number of amides is 5. The third-order valence-electron chi connectivity index (χ3n) is 5.26. The van der Waals surface area contributed by atoms with Crippen LogP contribution in [0, 0.1) is 0 Å². The molecule has 32 heavy (non-hydrogen) atoms. The lowest BCUT2D eigenvalue weighted by molar-refractivity contribution is 0.0773. The molecular formula is C23H38N6O3. The normalized spacial score (nSPS) is 14.1. The Morgan fingerprint density at radius 3 is 2.16 bits per heavy atom. The van der Waals surface area contributed by atoms with Gasteiger partial charge in [0.05, 0.1) is 5.56 Å². The Balaban J connectivity index is 2.23. The molecule has 9 heteroatoms. The van der Waals surface area contributed by atoms with Gasteiger partial charge < -0.3 is 30.7 Å². The van der Waals surface area contributed by atoms with Crippen LogP contribution in [-0.4, -0.2) is 79.1 Å². The second-order valence-corrected chi connectivity index (χ2v) is 8.85. The third-order valence-corrected chi connectivity index (χ3v) is 5.26. The van der Waals surface area contributed by atoms with E-state index >= 15 is 0 Å². The van der Waals surface area contributed by atoms with Crippen LogP contribution in [0.15, 0.2) is 18.2 Å². The van der Waals surface area contributed by atoms with Gasteiger partial charge in [-0.15, -0.1) is 0 Å². The van der Waals surface area contributed by atoms with Crippen LogP contribution in [0.4, 0.5) is 21.0 Å². The first kappa shape index (κ1) is 25.3. The number of carbonyl (C=O) groups excluding carboxylic acids is 3. The van der Waals surface area contributed by atoms with Crippen LogP contribution in [0.1, 0.15) is 51.9 Å². The second-order valence-electron chi connectivity index (χ2n) is 8.85. The predicted octanol–water partition coefficient (Wildman–Crippen LogP) is 2.94. The van der Waals surface area contributed by atoms with Gasteiger partial charge in [-0.2, -0.15) is 0 Å². The van der Waals surface area contributed by atoms with Gasteiger partial charge in [0.25, 0.3) is 5.91 Å². The topological polar surface area (TPSA) is 97.0 Å². The summed E-state index contributed by atoms with van der Waals surface area (Å²) < 4.78 is 0. The fraction of sp³-hybridized carbons (Fsp3) is 0.609. The van der Waals surface area contributed by atoms with Crippen LogP contribution >= 0.6 is 0 Å². The van der Waals surface area contributed by atoms with E-state index in [2.05, 4.69) is 20.9 Å². The highest BCUT2D eigenvalue weighted by molar-refractivity contribution is 6.02. The molecule has 1 saturated heterocycles. The van der Waals surface area contributed by atoms with Gasteiger partial charge in [0.1, 0.15) is 0 Å². The number of hydrogen-bond donors (Lipinski definition) is 3. The molecule has 0 spiro atoms. The van der Waals surface area contributed by atoms with Crippen LogP contribution in [0.3, 0.4) is 0 Å². The van der Waals surface area contributed by atoms with Crippen molar-refractivity contribution in [1.29, 1.82) is 0 Å². The van der Waals surface area contributed by atoms with Crippen molar-refractivity contribution in [1.82, 2.24) is 20.4 Å². The summed E-state index contributed by atoms with van der Waals surface area (Å²) in [4.78, 5) is 43.4. The van der Waals surface area contributed by atoms with Crippen molar-refractivity contribution < 1.29 is 14.4 Å². The lowest BCUT2D eigenvalue weighted by Gasteiger charge is -2.38. The fourth-order valence-corrected chi connectivity index (χ4v) is 3.63. The van der Waals surface area contributed by atoms with E-state index in [0.29, 0.717) is 57.1 Å². The lowest BCUT2D eigenvalue weighted by Crippen LogP contribution is -2.55. The first-order valence-corrected chi connectivity index (χ1v) is 11.4. The van der Waals surface area contributed by atoms with Gasteiger partial charge in [-0.25, -0.2) is 9.59 Å². The van der Waals surface area contributed by atoms with Gasteiger partial charge in [0.15, 0.2) is 0 Å². The van der Waals surface area contributed by atoms with Gasteiger partial charge in [0, 0.05) is 62.7 Å². The minimum atomic E-state index is -0.306. The van der Waals surface area contributed by atoms with Gasteiger partial charge >= 0.3 is 12.1 Å². The Morgan fingerprint density at radius 1 is 1.00 bits per heavy atom. The van der Waals surface area contributed by atoms with E-state index in [0.717, 1.165) is 5.69 Å². The Hall–Kier alpha value is -2.97. The number of benzene rings is 1. The second kappa shape index (κ2) is 11.1. The van der Waals surface area contributed by atoms with Gasteiger partial charge in [-0.3, -0.25) is 4.79 Å². The molecule has 1 aromatic rings. The Bertz CT molecular complexity index is 808. The number of carbonyl (C=O) groups is 3. The van der Waals surface area contributed by atoms with Crippen LogP contribution in [0.5, 0.6) is 0 Å². The van der Waals surface area contributed by atoms with E-state index < -0.39 is 0 Å². The molecule has 0 atom stereocenters. The van der Waals surface area contributed by atoms with Gasteiger partial charge in [0.2, 0.25) is 0 Å². The number of nitrogens with one attached hydrogen (secondary N) is 3. The maximum atomic E-state index is 13.3. The Labute approximate surface area is 191 Å². The highest BCUT2D eigenvalue weighted by atomic mass is 16.2. The molecule has 0 aromatic heterocycles. The molecule has 2 rings (SSSR count). The summed E-state index contributed by atoms with van der Waals surface area (Å²) in [7, 11) is 0. The van der Waals surface area contributed by atoms with Crippen LogP contribution in [-0.2, 0) is 0 Å². The van der Waals surface area contributed by atoms with E-state index in [9.17, 15) is 14.4 Å². The standard InChI is InChI=1S/C23H38N6O3/c1-7-24-21(31)25-17-10-11-19(18(16-17)20(30)27(8-2)9-3)28-12-14-29(15-13-28)22(32)26-23(4,5)6/h10-11,16H,7-9,12-15H2,1-6H3,(H,26,32)(H2,24,25,31). The van der Waals surface area contributed by atoms with Crippen molar-refractivity contribution in [3.63, 3.8) is 0 Å². The maximum absolute atomic E-state index is 13.3. The van der Waals surface area contributed by atoms with E-state index in [-0.39, 0.29) is 23.5 Å². The van der Waals surface area contributed by atoms with Gasteiger partial charge in [-0.1, -0.05) is 0 Å². The molecule has 1 heterocycles. The first-order valence-electron chi connectivity index (χ1n) is 11.4. The monoisotopic (exact) mass is 446 g/mol. The van der Waals surface area contributed by atoms with E-state index in [1.807, 2.05) is 53.7 Å². The van der Waals surface area contributed by atoms with Crippen molar-refractivity contribution in [2.75, 3.05) is 56.0 Å². The Morgan fingerprint density at radius 2 is 1.62 bits per heavy atom. The summed E-state index contributed by atoms with van der Waals surface area (Å²) in [5.41, 5.74) is 1.65. The van der Waals surface area contributed by atoms with E-state index in [1.165, 1.54) is 0 Å². The van der Waals surface area contributed by atoms with Crippen LogP contribution < -0.4 is 20.9 Å². The average Bonchev–Trinajstić information content (AvgIpc) is 2.73. The molecule has 3 N–H and O–H groups in total. The zero-order valence-corrected chi connectivity index (χ0v) is 20.2. The average molecular weight is 447 g/mol. The molecule has 0 unspecified atom stereocenters. The first-order chi connectivity index (χ1) is 15.1. The largest absolute Gasteiger partial charge is 0.367 e. The number of hydrogen-bond acceptors (Lipinski definition) is 4. The number of anilines is 2. The summed E-state index contributed by atoms with van der Waals surface area (Å²) in [6.07, 6.45) is 0. The molecule has 1 aliphatic heterocycles. The molecule has 1 aliphatic rings. The molecule has 178 valence electrons. The van der Waals surface area contributed by atoms with E-state index in [4.69, 9.17) is 0 Å². The number of rotatable bonds is 6. The minimum Gasteiger partial charge on any atom is -0.367 e. The third kappa shape index (κ3) is 6.77. The highest BCUT2D eigenvalue weighted by Crippen LogP contribution is 2.27. The summed E-state index contributed by atoms with van der Waals surface area (Å²) >= 11 is 0. The van der Waals surface area contributed by atoms with Crippen molar-refractivity contribution in [2.24, 2.45) is 0 Å².